The lowest BCUT2D eigenvalue weighted by Crippen LogP contribution is -2.33. The number of anilines is 1. The van der Waals surface area contributed by atoms with Gasteiger partial charge in [0.1, 0.15) is 0 Å². The van der Waals surface area contributed by atoms with Crippen LogP contribution in [-0.4, -0.2) is 26.3 Å². The molecule has 2 rings (SSSR count). The summed E-state index contributed by atoms with van der Waals surface area (Å²) in [6.45, 7) is 1.94. The second kappa shape index (κ2) is 5.87. The number of rotatable bonds is 3. The van der Waals surface area contributed by atoms with Crippen LogP contribution in [0.2, 0.25) is 0 Å². The third-order valence-electron chi connectivity index (χ3n) is 3.02. The maximum absolute atomic E-state index is 5.75. The maximum atomic E-state index is 5.75. The minimum absolute atomic E-state index is 0.415. The van der Waals surface area contributed by atoms with Crippen LogP contribution in [0.4, 0.5) is 5.69 Å². The second-order valence-electron chi connectivity index (χ2n) is 4.35. The summed E-state index contributed by atoms with van der Waals surface area (Å²) in [4.78, 5) is 2.28. The molecule has 1 fully saturated rings. The van der Waals surface area contributed by atoms with Gasteiger partial charge in [-0.25, -0.2) is 0 Å². The molecule has 1 aromatic carbocycles. The lowest BCUT2D eigenvalue weighted by Gasteiger charge is -2.28. The predicted octanol–water partition coefficient (Wildman–Crippen LogP) is 3.30. The minimum atomic E-state index is 0.415. The molecule has 3 heteroatoms. The molecule has 1 unspecified atom stereocenters. The fourth-order valence-corrected chi connectivity index (χ4v) is 2.42. The molecule has 1 aromatic rings. The first-order valence-electron chi connectivity index (χ1n) is 5.84. The number of likely N-dealkylation sites (N-methyl/N-ethyl adjacent to an activating group) is 1. The molecule has 1 atom stereocenters. The van der Waals surface area contributed by atoms with Crippen molar-refractivity contribution in [1.29, 1.82) is 0 Å². The normalized spacial score (nSPS) is 20.8. The predicted molar refractivity (Wildman–Crippen MR) is 76.0 cm³/mol. The molecule has 1 heterocycles. The van der Waals surface area contributed by atoms with E-state index in [1.54, 1.807) is 0 Å². The van der Waals surface area contributed by atoms with Crippen molar-refractivity contribution in [2.45, 2.75) is 25.4 Å². The molecule has 1 saturated heterocycles. The van der Waals surface area contributed by atoms with Crippen LogP contribution in [0.3, 0.4) is 0 Å². The molecule has 0 spiro atoms. The average Bonchev–Trinajstić information content (AvgIpc) is 2.31. The van der Waals surface area contributed by atoms with E-state index < -0.39 is 0 Å². The highest BCUT2D eigenvalue weighted by atomic mass is 127. The molecule has 0 bridgehead atoms. The molecule has 2 nitrogen and oxygen atoms in total. The van der Waals surface area contributed by atoms with Crippen molar-refractivity contribution >= 4 is 28.3 Å². The van der Waals surface area contributed by atoms with Crippen molar-refractivity contribution in [3.63, 3.8) is 0 Å². The highest BCUT2D eigenvalue weighted by Crippen LogP contribution is 2.18. The molecule has 0 amide bonds. The van der Waals surface area contributed by atoms with Gasteiger partial charge in [-0.15, -0.1) is 0 Å². The molecule has 0 N–H and O–H groups in total. The molecule has 88 valence electrons. The van der Waals surface area contributed by atoms with Crippen LogP contribution in [0, 0.1) is 3.57 Å². The van der Waals surface area contributed by atoms with Crippen molar-refractivity contribution in [1.82, 2.24) is 0 Å². The lowest BCUT2D eigenvalue weighted by atomic mass is 10.1. The molecule has 1 aliphatic rings. The van der Waals surface area contributed by atoms with Gasteiger partial charge in [0, 0.05) is 29.5 Å². The van der Waals surface area contributed by atoms with E-state index >= 15 is 0 Å². The zero-order valence-electron chi connectivity index (χ0n) is 9.66. The highest BCUT2D eigenvalue weighted by molar-refractivity contribution is 14.1. The Kier molecular flexibility index (Phi) is 4.46. The van der Waals surface area contributed by atoms with Crippen LogP contribution < -0.4 is 4.90 Å². The topological polar surface area (TPSA) is 12.5 Å². The fraction of sp³-hybridized carbons (Fsp3) is 0.538. The monoisotopic (exact) mass is 331 g/mol. The molecule has 0 radical (unpaired) electrons. The van der Waals surface area contributed by atoms with E-state index in [0.29, 0.717) is 6.10 Å². The summed E-state index contributed by atoms with van der Waals surface area (Å²) in [6.07, 6.45) is 4.15. The van der Waals surface area contributed by atoms with Crippen LogP contribution in [-0.2, 0) is 4.74 Å². The van der Waals surface area contributed by atoms with E-state index in [9.17, 15) is 0 Å². The van der Waals surface area contributed by atoms with E-state index in [1.165, 1.54) is 28.5 Å². The van der Waals surface area contributed by atoms with Gasteiger partial charge in [0.25, 0.3) is 0 Å². The SMILES string of the molecule is CN(CC1CCCCO1)c1ccc(I)cc1. The Balaban J connectivity index is 1.91. The number of nitrogens with zero attached hydrogens (tertiary/aromatic N) is 1. The van der Waals surface area contributed by atoms with E-state index in [1.807, 2.05) is 0 Å². The van der Waals surface area contributed by atoms with E-state index in [2.05, 4.69) is 58.8 Å². The van der Waals surface area contributed by atoms with Crippen molar-refractivity contribution in [3.8, 4) is 0 Å². The second-order valence-corrected chi connectivity index (χ2v) is 5.59. The van der Waals surface area contributed by atoms with Gasteiger partial charge in [-0.3, -0.25) is 0 Å². The molecule has 0 saturated carbocycles. The summed E-state index contributed by atoms with van der Waals surface area (Å²) in [7, 11) is 2.14. The first kappa shape index (κ1) is 12.2. The lowest BCUT2D eigenvalue weighted by molar-refractivity contribution is 0.0216. The van der Waals surface area contributed by atoms with Gasteiger partial charge in [0.15, 0.2) is 0 Å². The number of ether oxygens (including phenoxy) is 1. The standard InChI is InChI=1S/C13H18INO/c1-15(10-13-4-2-3-9-16-13)12-7-5-11(14)6-8-12/h5-8,13H,2-4,9-10H2,1H3. The first-order chi connectivity index (χ1) is 7.75. The summed E-state index contributed by atoms with van der Waals surface area (Å²) in [6, 6.07) is 8.64. The van der Waals surface area contributed by atoms with Crippen LogP contribution in [0.25, 0.3) is 0 Å². The van der Waals surface area contributed by atoms with Crippen molar-refractivity contribution < 1.29 is 4.74 Å². The largest absolute Gasteiger partial charge is 0.376 e. The van der Waals surface area contributed by atoms with Crippen LogP contribution in [0.5, 0.6) is 0 Å². The Hall–Kier alpha value is -0.290. The first-order valence-corrected chi connectivity index (χ1v) is 6.92. The molecular weight excluding hydrogens is 313 g/mol. The summed E-state index contributed by atoms with van der Waals surface area (Å²) < 4.78 is 7.03. The van der Waals surface area contributed by atoms with Crippen molar-refractivity contribution in [3.05, 3.63) is 27.8 Å². The smallest absolute Gasteiger partial charge is 0.0749 e. The maximum Gasteiger partial charge on any atom is 0.0749 e. The Labute approximate surface area is 111 Å². The van der Waals surface area contributed by atoms with Crippen LogP contribution >= 0.6 is 22.6 Å². The van der Waals surface area contributed by atoms with Crippen molar-refractivity contribution in [2.75, 3.05) is 25.1 Å². The number of hydrogen-bond donors (Lipinski definition) is 0. The molecule has 1 aliphatic heterocycles. The minimum Gasteiger partial charge on any atom is -0.376 e. The summed E-state index contributed by atoms with van der Waals surface area (Å²) in [5.74, 6) is 0. The van der Waals surface area contributed by atoms with Gasteiger partial charge in [0.2, 0.25) is 0 Å². The molecule has 0 aromatic heterocycles. The van der Waals surface area contributed by atoms with Crippen molar-refractivity contribution in [2.24, 2.45) is 0 Å². The van der Waals surface area contributed by atoms with Gasteiger partial charge in [0.05, 0.1) is 6.10 Å². The van der Waals surface area contributed by atoms with Gasteiger partial charge in [-0.05, 0) is 66.1 Å². The average molecular weight is 331 g/mol. The fourth-order valence-electron chi connectivity index (χ4n) is 2.06. The summed E-state index contributed by atoms with van der Waals surface area (Å²) >= 11 is 2.33. The van der Waals surface area contributed by atoms with E-state index in [-0.39, 0.29) is 0 Å². The quantitative estimate of drug-likeness (QED) is 0.788. The Morgan fingerprint density at radius 1 is 1.31 bits per heavy atom. The summed E-state index contributed by atoms with van der Waals surface area (Å²) in [5, 5.41) is 0. The van der Waals surface area contributed by atoms with Crippen LogP contribution in [0.1, 0.15) is 19.3 Å². The number of benzene rings is 1. The molecule has 0 aliphatic carbocycles. The molecule has 16 heavy (non-hydrogen) atoms. The summed E-state index contributed by atoms with van der Waals surface area (Å²) in [5.41, 5.74) is 1.27. The zero-order valence-corrected chi connectivity index (χ0v) is 11.8. The third-order valence-corrected chi connectivity index (χ3v) is 3.74. The van der Waals surface area contributed by atoms with Gasteiger partial charge in [-0.1, -0.05) is 0 Å². The molecular formula is C13H18INO. The van der Waals surface area contributed by atoms with Gasteiger partial charge < -0.3 is 9.64 Å². The Morgan fingerprint density at radius 3 is 2.69 bits per heavy atom. The third kappa shape index (κ3) is 3.35. The Bertz CT molecular complexity index is 319. The van der Waals surface area contributed by atoms with Crippen LogP contribution in [0.15, 0.2) is 24.3 Å². The Morgan fingerprint density at radius 2 is 2.06 bits per heavy atom. The van der Waals surface area contributed by atoms with Gasteiger partial charge >= 0.3 is 0 Å². The highest BCUT2D eigenvalue weighted by Gasteiger charge is 2.15. The van der Waals surface area contributed by atoms with Gasteiger partial charge in [-0.2, -0.15) is 0 Å². The van der Waals surface area contributed by atoms with E-state index in [0.717, 1.165) is 13.2 Å². The number of halogens is 1. The zero-order chi connectivity index (χ0) is 11.4. The van der Waals surface area contributed by atoms with E-state index in [4.69, 9.17) is 4.74 Å². The number of hydrogen-bond acceptors (Lipinski definition) is 2.